The van der Waals surface area contributed by atoms with Crippen molar-refractivity contribution in [2.24, 2.45) is 23.7 Å². The van der Waals surface area contributed by atoms with Crippen molar-refractivity contribution in [2.75, 3.05) is 127 Å². The Hall–Kier alpha value is -8.80. The molecular weight excluding hydrogens is 1630 g/mol. The molecule has 0 aromatic heterocycles. The van der Waals surface area contributed by atoms with Gasteiger partial charge in [-0.15, -0.1) is 0 Å². The zero-order valence-electron chi connectivity index (χ0n) is 73.8. The molecule has 1 aliphatic heterocycles. The van der Waals surface area contributed by atoms with Crippen LogP contribution >= 0.6 is 0 Å². The number of likely N-dealkylation sites (tertiary alicyclic amines) is 1. The van der Waals surface area contributed by atoms with Crippen molar-refractivity contribution in [2.45, 2.75) is 242 Å². The fourth-order valence-corrected chi connectivity index (χ4v) is 13.7. The molecule has 43 heteroatoms. The minimum atomic E-state index is -2.18. The first-order valence-corrected chi connectivity index (χ1v) is 42.0. The van der Waals surface area contributed by atoms with Crippen LogP contribution in [-0.4, -0.2) is 385 Å². The quantitative estimate of drug-likeness (QED) is 0.0213. The molecule has 12 amide bonds. The van der Waals surface area contributed by atoms with Gasteiger partial charge in [0, 0.05) is 99.2 Å². The van der Waals surface area contributed by atoms with Gasteiger partial charge in [0.15, 0.2) is 0 Å². The number of rotatable bonds is 62. The van der Waals surface area contributed by atoms with E-state index in [1.807, 2.05) is 60.5 Å². The minimum Gasteiger partial charge on any atom is -0.464 e. The van der Waals surface area contributed by atoms with Crippen LogP contribution in [0.25, 0.3) is 0 Å². The second kappa shape index (κ2) is 59.2. The summed E-state index contributed by atoms with van der Waals surface area (Å²) in [5, 5.41) is 127. The number of esters is 1. The predicted octanol–water partition coefficient (Wildman–Crippen LogP) is -7.02. The molecule has 1 fully saturated rings. The molecule has 708 valence electrons. The Morgan fingerprint density at radius 3 is 1.72 bits per heavy atom. The van der Waals surface area contributed by atoms with E-state index in [0.29, 0.717) is 38.0 Å². The second-order valence-electron chi connectivity index (χ2n) is 31.7. The van der Waals surface area contributed by atoms with Crippen LogP contribution in [0.5, 0.6) is 0 Å². The monoisotopic (exact) mass is 1770 g/mol. The number of likely N-dealkylation sites (N-methyl/N-ethyl adjacent to an activating group) is 2. The van der Waals surface area contributed by atoms with Gasteiger partial charge in [-0.3, -0.25) is 62.4 Å². The van der Waals surface area contributed by atoms with Gasteiger partial charge in [-0.25, -0.2) is 9.59 Å². The SMILES string of the molecule is CCOCCC(=O)NCCC(=O)CNCC(=O)NC(COC(=O)NCCC(=O)NC(C)C(=O)OCCCNC(=O)[C@H](Cc1ccccc1)NC(=O)[C@H](C)[C@@H](OC)[C@@H]1CCCN1C(=O)C[C@@H](OC)[C@H]([C@@H](C)CC)N(C)C(=O)[C@@H](NC(=O)[C@H](C(C)C)N(C)C)C(C)C)C(=O)NC(CCC(=O)NC[C@H](O)[C@@H](O)[C@H](O)[C@H](O)CO)C(=O)NC[C@H](O)[C@@H](O)[C@H](O)[C@H](O)CO. The average molecular weight is 1770 g/mol. The molecule has 0 radical (unpaired) electrons. The van der Waals surface area contributed by atoms with Gasteiger partial charge in [0.05, 0.1) is 94.4 Å². The maximum atomic E-state index is 14.6. The first kappa shape index (κ1) is 111. The van der Waals surface area contributed by atoms with Gasteiger partial charge >= 0.3 is 12.1 Å². The third-order valence-electron chi connectivity index (χ3n) is 21.1. The molecule has 0 aliphatic carbocycles. The number of carbonyl (C=O) groups is 14. The lowest BCUT2D eigenvalue weighted by Gasteiger charge is -2.41. The Bertz CT molecular complexity index is 3460. The summed E-state index contributed by atoms with van der Waals surface area (Å²) in [5.41, 5.74) is 0.715. The largest absolute Gasteiger partial charge is 0.464 e. The number of hydrogen-bond donors (Lipinski definition) is 21. The maximum absolute atomic E-state index is 14.6. The molecule has 124 heavy (non-hydrogen) atoms. The number of ether oxygens (including phenoxy) is 5. The van der Waals surface area contributed by atoms with E-state index in [2.05, 4.69) is 58.5 Å². The summed E-state index contributed by atoms with van der Waals surface area (Å²) in [4.78, 5) is 195. The molecular formula is C81H140N14O29. The van der Waals surface area contributed by atoms with Crippen LogP contribution in [0.15, 0.2) is 30.3 Å². The molecule has 1 aliphatic rings. The zero-order valence-corrected chi connectivity index (χ0v) is 73.8. The molecule has 1 aromatic rings. The van der Waals surface area contributed by atoms with Crippen molar-refractivity contribution < 1.29 is 142 Å². The normalized spacial score (nSPS) is 17.4. The number of alkyl carbamates (subject to hydrolysis) is 1. The molecule has 1 heterocycles. The number of aliphatic hydroxyl groups is 10. The molecule has 3 unspecified atom stereocenters. The van der Waals surface area contributed by atoms with E-state index >= 15 is 0 Å². The molecule has 20 atom stereocenters. The van der Waals surface area contributed by atoms with Gasteiger partial charge in [-0.05, 0) is 76.9 Å². The molecule has 1 saturated heterocycles. The Labute approximate surface area is 724 Å². The standard InChI is InChI=1S/C81H140N14O29/c1-15-47(7)68(94(12)79(117)66(45(3)4)92-78(116)67(46(5)6)93(10)11)60(120-13)37-65(107)95-33-20-24-55(95)73(121-14)48(8)74(112)91-53(36-50-22-18-17-19-23-50)76(114)84-30-21-34-123-80(118)49(9)88-63(105)28-32-85-81(119)124-44-54(89-64(106)41-82-38-51(98)27-31-83-62(104)29-35-122-16-2)77(115)90-52(75(113)87-40-57(100)70(109)72(111)59(102)43-97)25-26-61(103)86-39-56(99)69(108)71(110)58(101)42-96/h17-19,22-23,45-49,52-60,66-73,82,96-97,99-102,108-111H,15-16,20-21,24-44H2,1-14H3,(H,83,104)(H,84,114)(H,85,119)(H,86,103)(H,87,113)(H,88,105)(H,89,106)(H,90,115)(H,91,112)(H,92,116)/t47-,48+,49?,52?,53-,54?,55-,56-,57-,58+,59+,60+,66-,67-,68-,69+,70+,71+,72+,73+/m0/s1. The van der Waals surface area contributed by atoms with Gasteiger partial charge in [-0.1, -0.05) is 85.2 Å². The van der Waals surface area contributed by atoms with Crippen molar-refractivity contribution in [3.63, 3.8) is 0 Å². The van der Waals surface area contributed by atoms with Crippen LogP contribution in [0, 0.1) is 23.7 Å². The van der Waals surface area contributed by atoms with E-state index in [9.17, 15) is 113 Å². The number of nitrogens with one attached hydrogen (secondary N) is 11. The van der Waals surface area contributed by atoms with Crippen LogP contribution in [0.1, 0.15) is 132 Å². The number of benzene rings is 1. The highest BCUT2D eigenvalue weighted by Gasteiger charge is 2.45. The fraction of sp³-hybridized carbons (Fsp3) is 0.753. The van der Waals surface area contributed by atoms with Gasteiger partial charge in [0.2, 0.25) is 65.0 Å². The van der Waals surface area contributed by atoms with Crippen molar-refractivity contribution in [1.82, 2.24) is 73.2 Å². The number of hydrogen-bond acceptors (Lipinski definition) is 31. The average Bonchev–Trinajstić information content (AvgIpc) is 1.50. The lowest BCUT2D eigenvalue weighted by Crippen LogP contribution is -2.59. The summed E-state index contributed by atoms with van der Waals surface area (Å²) in [6.45, 7) is 10.5. The van der Waals surface area contributed by atoms with Crippen molar-refractivity contribution in [3.8, 4) is 0 Å². The smallest absolute Gasteiger partial charge is 0.407 e. The van der Waals surface area contributed by atoms with Crippen molar-refractivity contribution in [1.29, 1.82) is 0 Å². The number of ketones is 1. The minimum absolute atomic E-state index is 0.0396. The summed E-state index contributed by atoms with van der Waals surface area (Å²) in [5.74, 6) is -10.4. The predicted molar refractivity (Wildman–Crippen MR) is 445 cm³/mol. The Balaban J connectivity index is 2.20. The van der Waals surface area contributed by atoms with Crippen LogP contribution in [0.2, 0.25) is 0 Å². The zero-order chi connectivity index (χ0) is 93.6. The van der Waals surface area contributed by atoms with Crippen molar-refractivity contribution >= 4 is 82.8 Å². The number of Topliss-reactive ketones (excluding diaryl/α,β-unsaturated/α-hetero) is 1. The van der Waals surface area contributed by atoms with Gasteiger partial charge < -0.3 is 143 Å². The third-order valence-corrected chi connectivity index (χ3v) is 21.1. The highest BCUT2D eigenvalue weighted by Crippen LogP contribution is 2.30. The second-order valence-corrected chi connectivity index (χ2v) is 31.7. The summed E-state index contributed by atoms with van der Waals surface area (Å²) in [7, 11) is 8.22. The first-order chi connectivity index (χ1) is 58.5. The number of carbonyl (C=O) groups excluding carboxylic acids is 14. The summed E-state index contributed by atoms with van der Waals surface area (Å²) >= 11 is 0. The molecule has 2 rings (SSSR count). The summed E-state index contributed by atoms with van der Waals surface area (Å²) in [6.07, 6.45) is -19.4. The molecule has 21 N–H and O–H groups in total. The highest BCUT2D eigenvalue weighted by atomic mass is 16.6. The van der Waals surface area contributed by atoms with E-state index in [4.69, 9.17) is 28.8 Å². The Morgan fingerprint density at radius 2 is 1.15 bits per heavy atom. The topological polar surface area (TPSA) is 629 Å². The van der Waals surface area contributed by atoms with Crippen molar-refractivity contribution in [3.05, 3.63) is 35.9 Å². The Morgan fingerprint density at radius 1 is 0.556 bits per heavy atom. The van der Waals surface area contributed by atoms with Gasteiger partial charge in [0.25, 0.3) is 0 Å². The summed E-state index contributed by atoms with van der Waals surface area (Å²) in [6, 6.07) is 0.231. The molecule has 1 aromatic carbocycles. The van der Waals surface area contributed by atoms with E-state index in [1.54, 1.807) is 61.0 Å². The molecule has 43 nitrogen and oxygen atoms in total. The third kappa shape index (κ3) is 39.4. The van der Waals surface area contributed by atoms with E-state index in [1.165, 1.54) is 21.1 Å². The van der Waals surface area contributed by atoms with Crippen LogP contribution in [0.3, 0.4) is 0 Å². The van der Waals surface area contributed by atoms with E-state index < -0.39 is 246 Å². The van der Waals surface area contributed by atoms with Crippen LogP contribution in [-0.2, 0) is 92.4 Å². The maximum Gasteiger partial charge on any atom is 0.407 e. The Kier molecular flexibility index (Phi) is 53.1. The lowest BCUT2D eigenvalue weighted by atomic mass is 9.89. The summed E-state index contributed by atoms with van der Waals surface area (Å²) < 4.78 is 27.8. The van der Waals surface area contributed by atoms with Crippen LogP contribution in [0.4, 0.5) is 4.79 Å². The molecule has 0 spiro atoms. The molecule has 0 saturated carbocycles. The first-order valence-electron chi connectivity index (χ1n) is 42.0. The number of nitrogens with zero attached hydrogens (tertiary/aromatic N) is 3. The van der Waals surface area contributed by atoms with Gasteiger partial charge in [-0.2, -0.15) is 0 Å². The van der Waals surface area contributed by atoms with E-state index in [-0.39, 0.29) is 99.8 Å². The fourth-order valence-electron chi connectivity index (χ4n) is 13.7. The highest BCUT2D eigenvalue weighted by molar-refractivity contribution is 5.94. The number of amides is 12. The number of aliphatic hydroxyl groups excluding tert-OH is 10. The van der Waals surface area contributed by atoms with Gasteiger partial charge in [0.1, 0.15) is 79.2 Å². The lowest BCUT2D eigenvalue weighted by molar-refractivity contribution is -0.148. The number of methoxy groups -OCH3 is 2. The molecule has 0 bridgehead atoms. The van der Waals surface area contributed by atoms with Crippen LogP contribution < -0.4 is 58.5 Å². The van der Waals surface area contributed by atoms with E-state index in [0.717, 1.165) is 0 Å².